The molecule has 110 valence electrons. The van der Waals surface area contributed by atoms with Gasteiger partial charge in [-0.2, -0.15) is 0 Å². The summed E-state index contributed by atoms with van der Waals surface area (Å²) in [6.07, 6.45) is 1.82. The van der Waals surface area contributed by atoms with Crippen molar-refractivity contribution in [3.63, 3.8) is 0 Å². The highest BCUT2D eigenvalue weighted by Gasteiger charge is 2.34. The highest BCUT2D eigenvalue weighted by molar-refractivity contribution is 5.93. The molecule has 2 atom stereocenters. The fourth-order valence-electron chi connectivity index (χ4n) is 2.75. The van der Waals surface area contributed by atoms with Gasteiger partial charge in [-0.25, -0.2) is 4.39 Å². The molecule has 4 nitrogen and oxygen atoms in total. The van der Waals surface area contributed by atoms with Crippen LogP contribution in [0.2, 0.25) is 0 Å². The number of nitrogens with one attached hydrogen (secondary N) is 1. The number of ether oxygens (including phenoxy) is 1. The molecule has 1 fully saturated rings. The first-order chi connectivity index (χ1) is 9.61. The van der Waals surface area contributed by atoms with Gasteiger partial charge in [0.25, 0.3) is 0 Å². The third-order valence-electron chi connectivity index (χ3n) is 3.82. The Hall–Kier alpha value is -1.46. The van der Waals surface area contributed by atoms with E-state index in [1.54, 1.807) is 19.2 Å². The van der Waals surface area contributed by atoms with Crippen molar-refractivity contribution < 1.29 is 13.9 Å². The second-order valence-corrected chi connectivity index (χ2v) is 5.25. The van der Waals surface area contributed by atoms with E-state index in [1.807, 2.05) is 7.05 Å². The summed E-state index contributed by atoms with van der Waals surface area (Å²) < 4.78 is 18.4. The van der Waals surface area contributed by atoms with Crippen molar-refractivity contribution in [2.75, 3.05) is 32.6 Å². The second kappa shape index (κ2) is 6.81. The quantitative estimate of drug-likeness (QED) is 0.918. The smallest absolute Gasteiger partial charge is 0.229 e. The molecule has 1 aliphatic heterocycles. The average Bonchev–Trinajstić information content (AvgIpc) is 2.41. The molecule has 1 aromatic carbocycles. The SMILES string of the molecule is COC[C@@H]1[C@H](C(=O)Nc2cccc(F)c2)CCCN1C. The summed E-state index contributed by atoms with van der Waals surface area (Å²) in [7, 11) is 3.65. The largest absolute Gasteiger partial charge is 0.383 e. The summed E-state index contributed by atoms with van der Waals surface area (Å²) in [6, 6.07) is 6.04. The van der Waals surface area contributed by atoms with Gasteiger partial charge in [0.2, 0.25) is 5.91 Å². The standard InChI is InChI=1S/C15H21FN2O2/c1-18-8-4-7-13(14(18)10-20-2)15(19)17-12-6-3-5-11(16)9-12/h3,5-6,9,13-14H,4,7-8,10H2,1-2H3,(H,17,19)/t13-,14-/m1/s1. The van der Waals surface area contributed by atoms with Crippen molar-refractivity contribution in [1.29, 1.82) is 0 Å². The molecule has 1 aromatic rings. The van der Waals surface area contributed by atoms with Gasteiger partial charge in [-0.15, -0.1) is 0 Å². The molecule has 1 heterocycles. The van der Waals surface area contributed by atoms with Crippen molar-refractivity contribution in [3.8, 4) is 0 Å². The normalized spacial score (nSPS) is 23.6. The monoisotopic (exact) mass is 280 g/mol. The van der Waals surface area contributed by atoms with Crippen LogP contribution in [-0.2, 0) is 9.53 Å². The number of hydrogen-bond acceptors (Lipinski definition) is 3. The Morgan fingerprint density at radius 1 is 1.55 bits per heavy atom. The molecule has 1 N–H and O–H groups in total. The van der Waals surface area contributed by atoms with Crippen LogP contribution in [0.3, 0.4) is 0 Å². The zero-order valence-corrected chi connectivity index (χ0v) is 11.9. The zero-order valence-electron chi connectivity index (χ0n) is 11.9. The minimum Gasteiger partial charge on any atom is -0.383 e. The van der Waals surface area contributed by atoms with Crippen LogP contribution in [-0.4, -0.2) is 44.2 Å². The van der Waals surface area contributed by atoms with Crippen molar-refractivity contribution >= 4 is 11.6 Å². The Morgan fingerprint density at radius 2 is 2.35 bits per heavy atom. The Balaban J connectivity index is 2.06. The molecule has 0 unspecified atom stereocenters. The van der Waals surface area contributed by atoms with E-state index in [9.17, 15) is 9.18 Å². The van der Waals surface area contributed by atoms with Crippen molar-refractivity contribution in [3.05, 3.63) is 30.1 Å². The van der Waals surface area contributed by atoms with Crippen LogP contribution < -0.4 is 5.32 Å². The molecule has 1 amide bonds. The predicted molar refractivity (Wildman–Crippen MR) is 76.0 cm³/mol. The first-order valence-corrected chi connectivity index (χ1v) is 6.87. The van der Waals surface area contributed by atoms with Gasteiger partial charge in [0.05, 0.1) is 12.5 Å². The van der Waals surface area contributed by atoms with E-state index in [4.69, 9.17) is 4.74 Å². The minimum absolute atomic E-state index is 0.0656. The maximum Gasteiger partial charge on any atom is 0.229 e. The predicted octanol–water partition coefficient (Wildman–Crippen LogP) is 2.12. The molecule has 20 heavy (non-hydrogen) atoms. The molecule has 0 aliphatic carbocycles. The Labute approximate surface area is 118 Å². The molecule has 1 saturated heterocycles. The van der Waals surface area contributed by atoms with Crippen LogP contribution in [0.5, 0.6) is 0 Å². The Morgan fingerprint density at radius 3 is 3.05 bits per heavy atom. The highest BCUT2D eigenvalue weighted by Crippen LogP contribution is 2.24. The molecule has 2 rings (SSSR count). The minimum atomic E-state index is -0.350. The number of piperidine rings is 1. The molecule has 5 heteroatoms. The number of amides is 1. The molecule has 0 radical (unpaired) electrons. The van der Waals surface area contributed by atoms with Gasteiger partial charge in [-0.05, 0) is 44.6 Å². The topological polar surface area (TPSA) is 41.6 Å². The first-order valence-electron chi connectivity index (χ1n) is 6.87. The number of halogens is 1. The van der Waals surface area contributed by atoms with Crippen molar-refractivity contribution in [2.24, 2.45) is 5.92 Å². The van der Waals surface area contributed by atoms with Gasteiger partial charge >= 0.3 is 0 Å². The summed E-state index contributed by atoms with van der Waals surface area (Å²) in [5, 5.41) is 2.80. The summed E-state index contributed by atoms with van der Waals surface area (Å²) in [6.45, 7) is 1.50. The number of likely N-dealkylation sites (N-methyl/N-ethyl adjacent to an activating group) is 1. The van der Waals surface area contributed by atoms with Crippen LogP contribution in [0.25, 0.3) is 0 Å². The van der Waals surface area contributed by atoms with Crippen molar-refractivity contribution in [1.82, 2.24) is 4.90 Å². The maximum atomic E-state index is 13.1. The van der Waals surface area contributed by atoms with Crippen LogP contribution in [0.4, 0.5) is 10.1 Å². The molecular formula is C15H21FN2O2. The maximum absolute atomic E-state index is 13.1. The molecular weight excluding hydrogens is 259 g/mol. The first kappa shape index (κ1) is 14.9. The van der Waals surface area contributed by atoms with Gasteiger partial charge in [-0.1, -0.05) is 6.07 Å². The number of likely N-dealkylation sites (tertiary alicyclic amines) is 1. The number of carbonyl (C=O) groups is 1. The van der Waals surface area contributed by atoms with Gasteiger partial charge in [0.1, 0.15) is 5.82 Å². The average molecular weight is 280 g/mol. The zero-order chi connectivity index (χ0) is 14.5. The number of rotatable bonds is 4. The van der Waals surface area contributed by atoms with Gasteiger partial charge in [-0.3, -0.25) is 4.79 Å². The molecule has 1 aliphatic rings. The molecule has 0 aromatic heterocycles. The fraction of sp³-hybridized carbons (Fsp3) is 0.533. The number of carbonyl (C=O) groups excluding carboxylic acids is 1. The van der Waals surface area contributed by atoms with Gasteiger partial charge in [0.15, 0.2) is 0 Å². The fourth-order valence-corrected chi connectivity index (χ4v) is 2.75. The van der Waals surface area contributed by atoms with E-state index in [2.05, 4.69) is 10.2 Å². The number of hydrogen-bond donors (Lipinski definition) is 1. The lowest BCUT2D eigenvalue weighted by molar-refractivity contribution is -0.124. The van der Waals surface area contributed by atoms with E-state index in [1.165, 1.54) is 12.1 Å². The number of benzene rings is 1. The van der Waals surface area contributed by atoms with Crippen molar-refractivity contribution in [2.45, 2.75) is 18.9 Å². The summed E-state index contributed by atoms with van der Waals surface area (Å²) >= 11 is 0. The van der Waals surface area contributed by atoms with E-state index < -0.39 is 0 Å². The van der Waals surface area contributed by atoms with E-state index in [-0.39, 0.29) is 23.7 Å². The van der Waals surface area contributed by atoms with Gasteiger partial charge in [0, 0.05) is 18.8 Å². The molecule has 0 spiro atoms. The van der Waals surface area contributed by atoms with Crippen LogP contribution in [0.1, 0.15) is 12.8 Å². The number of methoxy groups -OCH3 is 1. The Kier molecular flexibility index (Phi) is 5.09. The third-order valence-corrected chi connectivity index (χ3v) is 3.82. The second-order valence-electron chi connectivity index (χ2n) is 5.25. The lowest BCUT2D eigenvalue weighted by Crippen LogP contribution is -2.49. The van der Waals surface area contributed by atoms with Gasteiger partial charge < -0.3 is 15.0 Å². The molecule has 0 bridgehead atoms. The van der Waals surface area contributed by atoms with E-state index in [0.29, 0.717) is 12.3 Å². The van der Waals surface area contributed by atoms with E-state index >= 15 is 0 Å². The van der Waals surface area contributed by atoms with Crippen LogP contribution in [0, 0.1) is 11.7 Å². The summed E-state index contributed by atoms with van der Waals surface area (Å²) in [5.74, 6) is -0.543. The number of nitrogens with zero attached hydrogens (tertiary/aromatic N) is 1. The third kappa shape index (κ3) is 3.55. The Bertz CT molecular complexity index is 467. The van der Waals surface area contributed by atoms with Crippen LogP contribution >= 0.6 is 0 Å². The number of anilines is 1. The lowest BCUT2D eigenvalue weighted by atomic mass is 9.89. The summed E-state index contributed by atoms with van der Waals surface area (Å²) in [5.41, 5.74) is 0.499. The van der Waals surface area contributed by atoms with E-state index in [0.717, 1.165) is 19.4 Å². The highest BCUT2D eigenvalue weighted by atomic mass is 19.1. The summed E-state index contributed by atoms with van der Waals surface area (Å²) in [4.78, 5) is 14.5. The lowest BCUT2D eigenvalue weighted by Gasteiger charge is -2.37. The molecule has 0 saturated carbocycles. The van der Waals surface area contributed by atoms with Crippen LogP contribution in [0.15, 0.2) is 24.3 Å².